The fourth-order valence-corrected chi connectivity index (χ4v) is 4.18. The van der Waals surface area contributed by atoms with Gasteiger partial charge in [0.15, 0.2) is 0 Å². The molecule has 0 saturated carbocycles. The molecule has 2 aromatic heterocycles. The van der Waals surface area contributed by atoms with Gasteiger partial charge < -0.3 is 14.2 Å². The van der Waals surface area contributed by atoms with Gasteiger partial charge in [-0.3, -0.25) is 4.90 Å². The fraction of sp³-hybridized carbons (Fsp3) is 0.700. The molecule has 2 aliphatic heterocycles. The summed E-state index contributed by atoms with van der Waals surface area (Å²) in [5.74, 6) is 4.59. The van der Waals surface area contributed by atoms with E-state index in [0.717, 1.165) is 88.5 Å². The molecule has 0 amide bonds. The predicted molar refractivity (Wildman–Crippen MR) is 107 cm³/mol. The number of hydrogen-bond donors (Lipinski definition) is 0. The molecule has 152 valence electrons. The third-order valence-electron chi connectivity index (χ3n) is 5.97. The molecule has 0 aromatic carbocycles. The van der Waals surface area contributed by atoms with Crippen molar-refractivity contribution in [3.05, 3.63) is 29.2 Å². The van der Waals surface area contributed by atoms with E-state index in [2.05, 4.69) is 43.5 Å². The van der Waals surface area contributed by atoms with Gasteiger partial charge in [0.1, 0.15) is 23.3 Å². The third kappa shape index (κ3) is 4.03. The molecule has 4 heterocycles. The molecule has 2 aliphatic rings. The summed E-state index contributed by atoms with van der Waals surface area (Å²) in [5.41, 5.74) is 1.23. The molecule has 0 radical (unpaired) electrons. The SMILES string of the molecule is CCc1cnc(C)nc1N1CCC(c2nnc(CN3CCOCC3)n2C)CC1. The monoisotopic (exact) mass is 385 g/mol. The maximum absolute atomic E-state index is 5.44. The quantitative estimate of drug-likeness (QED) is 0.775. The van der Waals surface area contributed by atoms with Gasteiger partial charge in [-0.05, 0) is 26.2 Å². The van der Waals surface area contributed by atoms with Crippen LogP contribution in [0.3, 0.4) is 0 Å². The predicted octanol–water partition coefficient (Wildman–Crippen LogP) is 1.69. The van der Waals surface area contributed by atoms with E-state index in [0.29, 0.717) is 5.92 Å². The van der Waals surface area contributed by atoms with Gasteiger partial charge >= 0.3 is 0 Å². The number of hydrogen-bond acceptors (Lipinski definition) is 7. The number of piperidine rings is 1. The van der Waals surface area contributed by atoms with Crippen LogP contribution in [0.1, 0.15) is 48.7 Å². The summed E-state index contributed by atoms with van der Waals surface area (Å²) in [5, 5.41) is 9.06. The zero-order chi connectivity index (χ0) is 19.5. The van der Waals surface area contributed by atoms with Crippen molar-refractivity contribution in [3.8, 4) is 0 Å². The Balaban J connectivity index is 1.41. The van der Waals surface area contributed by atoms with Crippen molar-refractivity contribution < 1.29 is 4.74 Å². The Morgan fingerprint density at radius 1 is 1.11 bits per heavy atom. The Labute approximate surface area is 166 Å². The molecule has 0 spiro atoms. The van der Waals surface area contributed by atoms with Crippen LogP contribution in [0.4, 0.5) is 5.82 Å². The van der Waals surface area contributed by atoms with E-state index in [4.69, 9.17) is 9.72 Å². The minimum Gasteiger partial charge on any atom is -0.379 e. The standard InChI is InChI=1S/C20H31N7O/c1-4-16-13-21-15(2)22-19(16)27-7-5-17(6-8-27)20-24-23-18(25(20)3)14-26-9-11-28-12-10-26/h13,17H,4-12,14H2,1-3H3. The van der Waals surface area contributed by atoms with E-state index in [1.807, 2.05) is 13.1 Å². The molecule has 0 N–H and O–H groups in total. The van der Waals surface area contributed by atoms with Crippen LogP contribution in [0.2, 0.25) is 0 Å². The smallest absolute Gasteiger partial charge is 0.146 e. The van der Waals surface area contributed by atoms with Crippen LogP contribution < -0.4 is 4.90 Å². The summed E-state index contributed by atoms with van der Waals surface area (Å²) in [7, 11) is 2.11. The Kier molecular flexibility index (Phi) is 5.87. The first-order valence-electron chi connectivity index (χ1n) is 10.4. The van der Waals surface area contributed by atoms with Gasteiger partial charge in [0.2, 0.25) is 0 Å². The molecular weight excluding hydrogens is 354 g/mol. The van der Waals surface area contributed by atoms with Crippen LogP contribution in [-0.4, -0.2) is 69.0 Å². The second-order valence-electron chi connectivity index (χ2n) is 7.80. The number of nitrogens with zero attached hydrogens (tertiary/aromatic N) is 7. The van der Waals surface area contributed by atoms with Gasteiger partial charge in [-0.25, -0.2) is 9.97 Å². The lowest BCUT2D eigenvalue weighted by atomic mass is 9.95. The van der Waals surface area contributed by atoms with Crippen molar-refractivity contribution in [1.82, 2.24) is 29.6 Å². The lowest BCUT2D eigenvalue weighted by Crippen LogP contribution is -2.36. The number of anilines is 1. The molecule has 2 saturated heterocycles. The van der Waals surface area contributed by atoms with Gasteiger partial charge in [-0.1, -0.05) is 6.92 Å². The van der Waals surface area contributed by atoms with E-state index in [-0.39, 0.29) is 0 Å². The maximum Gasteiger partial charge on any atom is 0.146 e. The fourth-order valence-electron chi connectivity index (χ4n) is 4.18. The first-order valence-corrected chi connectivity index (χ1v) is 10.4. The van der Waals surface area contributed by atoms with E-state index >= 15 is 0 Å². The summed E-state index contributed by atoms with van der Waals surface area (Å²) >= 11 is 0. The summed E-state index contributed by atoms with van der Waals surface area (Å²) < 4.78 is 7.65. The number of aromatic nitrogens is 5. The molecule has 8 nitrogen and oxygen atoms in total. The van der Waals surface area contributed by atoms with Crippen LogP contribution >= 0.6 is 0 Å². The normalized spacial score (nSPS) is 19.3. The lowest BCUT2D eigenvalue weighted by Gasteiger charge is -2.33. The van der Waals surface area contributed by atoms with Gasteiger partial charge in [-0.15, -0.1) is 10.2 Å². The van der Waals surface area contributed by atoms with Crippen molar-refractivity contribution in [2.75, 3.05) is 44.3 Å². The minimum atomic E-state index is 0.459. The highest BCUT2D eigenvalue weighted by Crippen LogP contribution is 2.30. The molecule has 4 rings (SSSR count). The number of morpholine rings is 1. The first-order chi connectivity index (χ1) is 13.7. The molecule has 0 unspecified atom stereocenters. The highest BCUT2D eigenvalue weighted by molar-refractivity contribution is 5.46. The Morgan fingerprint density at radius 2 is 1.86 bits per heavy atom. The van der Waals surface area contributed by atoms with Crippen molar-refractivity contribution in [3.63, 3.8) is 0 Å². The van der Waals surface area contributed by atoms with Gasteiger partial charge in [0.05, 0.1) is 19.8 Å². The average Bonchev–Trinajstić information content (AvgIpc) is 3.09. The zero-order valence-electron chi connectivity index (χ0n) is 17.3. The zero-order valence-corrected chi connectivity index (χ0v) is 17.3. The molecule has 2 fully saturated rings. The molecular formula is C20H31N7O. The van der Waals surface area contributed by atoms with E-state index in [1.54, 1.807) is 0 Å². The summed E-state index contributed by atoms with van der Waals surface area (Å²) in [6.45, 7) is 10.5. The Bertz CT molecular complexity index is 792. The number of rotatable bonds is 5. The number of ether oxygens (including phenoxy) is 1. The number of aryl methyl sites for hydroxylation is 2. The van der Waals surface area contributed by atoms with Crippen LogP contribution in [-0.2, 0) is 24.8 Å². The largest absolute Gasteiger partial charge is 0.379 e. The summed E-state index contributed by atoms with van der Waals surface area (Å²) in [6, 6.07) is 0. The second-order valence-corrected chi connectivity index (χ2v) is 7.80. The highest BCUT2D eigenvalue weighted by Gasteiger charge is 2.27. The minimum absolute atomic E-state index is 0.459. The molecule has 0 aliphatic carbocycles. The molecule has 28 heavy (non-hydrogen) atoms. The van der Waals surface area contributed by atoms with Crippen molar-refractivity contribution in [2.45, 2.75) is 45.6 Å². The second kappa shape index (κ2) is 8.53. The van der Waals surface area contributed by atoms with E-state index in [9.17, 15) is 0 Å². The van der Waals surface area contributed by atoms with Gasteiger partial charge in [0.25, 0.3) is 0 Å². The molecule has 0 bridgehead atoms. The maximum atomic E-state index is 5.44. The summed E-state index contributed by atoms with van der Waals surface area (Å²) in [6.07, 6.45) is 5.10. The Morgan fingerprint density at radius 3 is 2.57 bits per heavy atom. The Hall–Kier alpha value is -2.06. The third-order valence-corrected chi connectivity index (χ3v) is 5.97. The van der Waals surface area contributed by atoms with Gasteiger partial charge in [-0.2, -0.15) is 0 Å². The lowest BCUT2D eigenvalue weighted by molar-refractivity contribution is 0.0326. The molecule has 2 aromatic rings. The highest BCUT2D eigenvalue weighted by atomic mass is 16.5. The van der Waals surface area contributed by atoms with Crippen molar-refractivity contribution in [2.24, 2.45) is 7.05 Å². The van der Waals surface area contributed by atoms with Crippen LogP contribution in [0.5, 0.6) is 0 Å². The molecule has 0 atom stereocenters. The van der Waals surface area contributed by atoms with Gasteiger partial charge in [0, 0.05) is 50.9 Å². The molecule has 8 heteroatoms. The topological polar surface area (TPSA) is 72.2 Å². The average molecular weight is 386 g/mol. The summed E-state index contributed by atoms with van der Waals surface area (Å²) in [4.78, 5) is 13.9. The van der Waals surface area contributed by atoms with Crippen LogP contribution in [0, 0.1) is 6.92 Å². The van der Waals surface area contributed by atoms with E-state index in [1.165, 1.54) is 5.56 Å². The van der Waals surface area contributed by atoms with Crippen LogP contribution in [0.25, 0.3) is 0 Å². The van der Waals surface area contributed by atoms with Crippen molar-refractivity contribution >= 4 is 5.82 Å². The first kappa shape index (κ1) is 19.3. The van der Waals surface area contributed by atoms with Crippen LogP contribution in [0.15, 0.2) is 6.20 Å². The van der Waals surface area contributed by atoms with Crippen molar-refractivity contribution in [1.29, 1.82) is 0 Å². The van der Waals surface area contributed by atoms with E-state index < -0.39 is 0 Å².